The molecule has 0 aliphatic rings. The number of aromatic carboxylic acids is 1. The van der Waals surface area contributed by atoms with Crippen LogP contribution in [0.1, 0.15) is 54.8 Å². The Balaban J connectivity index is 2.99. The maximum atomic E-state index is 12.1. The molecule has 0 aliphatic carbocycles. The molecule has 0 heterocycles. The van der Waals surface area contributed by atoms with E-state index in [1.165, 1.54) is 12.1 Å². The van der Waals surface area contributed by atoms with E-state index in [0.717, 1.165) is 0 Å². The normalized spacial score (nSPS) is 12.8. The highest BCUT2D eigenvalue weighted by Crippen LogP contribution is 2.26. The average molecular weight is 264 g/mol. The Hall–Kier alpha value is -1.84. The van der Waals surface area contributed by atoms with Gasteiger partial charge in [0.2, 0.25) is 0 Å². The molecule has 1 rings (SSSR count). The second-order valence-corrected chi connectivity index (χ2v) is 5.52. The van der Waals surface area contributed by atoms with Gasteiger partial charge in [-0.3, -0.25) is 0 Å². The fourth-order valence-electron chi connectivity index (χ4n) is 1.91. The third kappa shape index (κ3) is 3.81. The Labute approximate surface area is 113 Å². The number of hydrogen-bond donors (Lipinski definition) is 1. The summed E-state index contributed by atoms with van der Waals surface area (Å²) in [6, 6.07) is 6.08. The van der Waals surface area contributed by atoms with Gasteiger partial charge in [-0.25, -0.2) is 9.59 Å². The lowest BCUT2D eigenvalue weighted by molar-refractivity contribution is -0.00427. The fraction of sp³-hybridized carbons (Fsp3) is 0.467. The highest BCUT2D eigenvalue weighted by atomic mass is 16.5. The van der Waals surface area contributed by atoms with Crippen molar-refractivity contribution in [2.24, 2.45) is 5.41 Å². The van der Waals surface area contributed by atoms with Crippen molar-refractivity contribution < 1.29 is 19.4 Å². The number of benzene rings is 1. The summed E-state index contributed by atoms with van der Waals surface area (Å²) in [5, 5.41) is 9.06. The standard InChI is InChI=1S/C15H20O4/c1-5-12(15(2,3)4)19-14(18)11-9-7-6-8-10(11)13(16)17/h6-9,12H,5H2,1-4H3,(H,16,17)/t12-/m0/s1. The third-order valence-corrected chi connectivity index (χ3v) is 2.96. The molecule has 19 heavy (non-hydrogen) atoms. The third-order valence-electron chi connectivity index (χ3n) is 2.96. The lowest BCUT2D eigenvalue weighted by Crippen LogP contribution is -2.31. The maximum absolute atomic E-state index is 12.1. The first-order valence-electron chi connectivity index (χ1n) is 6.30. The van der Waals surface area contributed by atoms with Crippen LogP contribution in [0.2, 0.25) is 0 Å². The zero-order chi connectivity index (χ0) is 14.6. The first kappa shape index (κ1) is 15.2. The zero-order valence-electron chi connectivity index (χ0n) is 11.8. The molecule has 0 amide bonds. The van der Waals surface area contributed by atoms with Gasteiger partial charge in [0, 0.05) is 0 Å². The monoisotopic (exact) mass is 264 g/mol. The second kappa shape index (κ2) is 5.87. The van der Waals surface area contributed by atoms with E-state index in [0.29, 0.717) is 6.42 Å². The van der Waals surface area contributed by atoms with Crippen molar-refractivity contribution >= 4 is 11.9 Å². The van der Waals surface area contributed by atoms with Crippen LogP contribution in [-0.2, 0) is 4.74 Å². The molecule has 0 bridgehead atoms. The molecular weight excluding hydrogens is 244 g/mol. The van der Waals surface area contributed by atoms with Gasteiger partial charge in [0.1, 0.15) is 6.10 Å². The first-order valence-corrected chi connectivity index (χ1v) is 6.30. The molecule has 1 aromatic carbocycles. The largest absolute Gasteiger partial charge is 0.478 e. The smallest absolute Gasteiger partial charge is 0.339 e. The van der Waals surface area contributed by atoms with Gasteiger partial charge in [-0.15, -0.1) is 0 Å². The zero-order valence-corrected chi connectivity index (χ0v) is 11.8. The Morgan fingerprint density at radius 2 is 1.74 bits per heavy atom. The second-order valence-electron chi connectivity index (χ2n) is 5.52. The highest BCUT2D eigenvalue weighted by Gasteiger charge is 2.28. The number of hydrogen-bond acceptors (Lipinski definition) is 3. The summed E-state index contributed by atoms with van der Waals surface area (Å²) >= 11 is 0. The summed E-state index contributed by atoms with van der Waals surface area (Å²) in [4.78, 5) is 23.2. The minimum Gasteiger partial charge on any atom is -0.478 e. The SMILES string of the molecule is CC[C@H](OC(=O)c1ccccc1C(=O)O)C(C)(C)C. The predicted octanol–water partition coefficient (Wildman–Crippen LogP) is 3.37. The molecule has 0 spiro atoms. The summed E-state index contributed by atoms with van der Waals surface area (Å²) in [6.07, 6.45) is 0.437. The molecule has 0 fully saturated rings. The molecule has 1 atom stereocenters. The van der Waals surface area contributed by atoms with E-state index in [1.54, 1.807) is 12.1 Å². The van der Waals surface area contributed by atoms with Gasteiger partial charge in [0.15, 0.2) is 0 Å². The van der Waals surface area contributed by atoms with E-state index in [9.17, 15) is 9.59 Å². The molecule has 0 aliphatic heterocycles. The number of carbonyl (C=O) groups is 2. The summed E-state index contributed by atoms with van der Waals surface area (Å²) in [7, 11) is 0. The van der Waals surface area contributed by atoms with Crippen LogP contribution >= 0.6 is 0 Å². The molecule has 104 valence electrons. The minimum absolute atomic E-state index is 0.0312. The molecule has 1 N–H and O–H groups in total. The molecule has 1 aromatic rings. The molecule has 0 unspecified atom stereocenters. The summed E-state index contributed by atoms with van der Waals surface area (Å²) in [5.74, 6) is -1.71. The molecule has 0 saturated carbocycles. The van der Waals surface area contributed by atoms with Crippen molar-refractivity contribution in [1.29, 1.82) is 0 Å². The van der Waals surface area contributed by atoms with Gasteiger partial charge in [-0.05, 0) is 24.0 Å². The average Bonchev–Trinajstić information content (AvgIpc) is 2.34. The van der Waals surface area contributed by atoms with E-state index < -0.39 is 11.9 Å². The summed E-state index contributed by atoms with van der Waals surface area (Å²) in [5.41, 5.74) is -0.114. The van der Waals surface area contributed by atoms with E-state index >= 15 is 0 Å². The van der Waals surface area contributed by atoms with Crippen molar-refractivity contribution in [2.45, 2.75) is 40.2 Å². The minimum atomic E-state index is -1.13. The van der Waals surface area contributed by atoms with E-state index in [2.05, 4.69) is 0 Å². The van der Waals surface area contributed by atoms with Crippen molar-refractivity contribution in [3.05, 3.63) is 35.4 Å². The van der Waals surface area contributed by atoms with Crippen molar-refractivity contribution in [3.8, 4) is 0 Å². The predicted molar refractivity (Wildman–Crippen MR) is 72.4 cm³/mol. The van der Waals surface area contributed by atoms with Crippen LogP contribution in [-0.4, -0.2) is 23.1 Å². The molecule has 0 saturated heterocycles. The van der Waals surface area contributed by atoms with Crippen LogP contribution in [0.3, 0.4) is 0 Å². The van der Waals surface area contributed by atoms with Gasteiger partial charge in [0.25, 0.3) is 0 Å². The van der Waals surface area contributed by atoms with Crippen LogP contribution in [0.5, 0.6) is 0 Å². The van der Waals surface area contributed by atoms with Gasteiger partial charge < -0.3 is 9.84 Å². The fourth-order valence-corrected chi connectivity index (χ4v) is 1.91. The topological polar surface area (TPSA) is 63.6 Å². The molecular formula is C15H20O4. The van der Waals surface area contributed by atoms with Crippen LogP contribution in [0, 0.1) is 5.41 Å². The first-order chi connectivity index (χ1) is 8.77. The number of carbonyl (C=O) groups excluding carboxylic acids is 1. The van der Waals surface area contributed by atoms with E-state index in [1.807, 2.05) is 27.7 Å². The quantitative estimate of drug-likeness (QED) is 0.847. The van der Waals surface area contributed by atoms with Crippen LogP contribution < -0.4 is 0 Å². The van der Waals surface area contributed by atoms with Crippen molar-refractivity contribution in [2.75, 3.05) is 0 Å². The number of ether oxygens (including phenoxy) is 1. The Bertz CT molecular complexity index is 471. The summed E-state index contributed by atoms with van der Waals surface area (Å²) in [6.45, 7) is 7.89. The molecule has 4 nitrogen and oxygen atoms in total. The summed E-state index contributed by atoms with van der Waals surface area (Å²) < 4.78 is 5.44. The Morgan fingerprint density at radius 1 is 1.21 bits per heavy atom. The lowest BCUT2D eigenvalue weighted by atomic mass is 9.87. The van der Waals surface area contributed by atoms with E-state index in [4.69, 9.17) is 9.84 Å². The van der Waals surface area contributed by atoms with Crippen LogP contribution in [0.4, 0.5) is 0 Å². The number of carboxylic acids is 1. The Kier molecular flexibility index (Phi) is 4.70. The van der Waals surface area contributed by atoms with Crippen LogP contribution in [0.15, 0.2) is 24.3 Å². The molecule has 4 heteroatoms. The van der Waals surface area contributed by atoms with E-state index in [-0.39, 0.29) is 22.6 Å². The van der Waals surface area contributed by atoms with Gasteiger partial charge in [-0.2, -0.15) is 0 Å². The highest BCUT2D eigenvalue weighted by molar-refractivity contribution is 6.02. The molecule has 0 radical (unpaired) electrons. The van der Waals surface area contributed by atoms with Gasteiger partial charge in [-0.1, -0.05) is 39.8 Å². The van der Waals surface area contributed by atoms with Gasteiger partial charge in [0.05, 0.1) is 11.1 Å². The maximum Gasteiger partial charge on any atom is 0.339 e. The molecule has 0 aromatic heterocycles. The number of carboxylic acid groups (broad SMARTS) is 1. The number of rotatable bonds is 4. The van der Waals surface area contributed by atoms with Crippen molar-refractivity contribution in [3.63, 3.8) is 0 Å². The van der Waals surface area contributed by atoms with Crippen molar-refractivity contribution in [1.82, 2.24) is 0 Å². The lowest BCUT2D eigenvalue weighted by Gasteiger charge is -2.29. The van der Waals surface area contributed by atoms with Gasteiger partial charge >= 0.3 is 11.9 Å². The Morgan fingerprint density at radius 3 is 2.16 bits per heavy atom. The van der Waals surface area contributed by atoms with Crippen LogP contribution in [0.25, 0.3) is 0 Å². The number of esters is 1.